The van der Waals surface area contributed by atoms with Crippen LogP contribution >= 0.6 is 0 Å². The number of rotatable bonds is 3. The Balaban J connectivity index is 2.18. The van der Waals surface area contributed by atoms with Gasteiger partial charge in [0.1, 0.15) is 0 Å². The molecule has 0 radical (unpaired) electrons. The molecule has 0 aliphatic rings. The summed E-state index contributed by atoms with van der Waals surface area (Å²) in [5, 5.41) is 9.38. The summed E-state index contributed by atoms with van der Waals surface area (Å²) in [5.74, 6) is 4.58. The molecule has 0 amide bonds. The van der Waals surface area contributed by atoms with Gasteiger partial charge >= 0.3 is 5.97 Å². The van der Waals surface area contributed by atoms with Gasteiger partial charge in [-0.1, -0.05) is 54.3 Å². The first kappa shape index (κ1) is 13.9. The minimum absolute atomic E-state index is 0.315. The molecular weight excluding hydrogens is 248 g/mol. The number of hydrogen-bond donors (Lipinski definition) is 1. The Bertz CT molecular complexity index is 648. The molecule has 0 saturated carbocycles. The van der Waals surface area contributed by atoms with Crippen molar-refractivity contribution < 1.29 is 9.90 Å². The lowest BCUT2D eigenvalue weighted by Gasteiger charge is -2.12. The fourth-order valence-electron chi connectivity index (χ4n) is 2.08. The monoisotopic (exact) mass is 264 g/mol. The zero-order valence-electron chi connectivity index (χ0n) is 11.3. The van der Waals surface area contributed by atoms with Crippen molar-refractivity contribution in [3.63, 3.8) is 0 Å². The summed E-state index contributed by atoms with van der Waals surface area (Å²) in [6.07, 6.45) is 0.315. The average molecular weight is 264 g/mol. The molecule has 20 heavy (non-hydrogen) atoms. The van der Waals surface area contributed by atoms with Crippen molar-refractivity contribution in [1.29, 1.82) is 0 Å². The number of aryl methyl sites for hydroxylation is 1. The predicted molar refractivity (Wildman–Crippen MR) is 79.5 cm³/mol. The summed E-state index contributed by atoms with van der Waals surface area (Å²) in [7, 11) is 0. The normalized spacial score (nSPS) is 11.2. The fraction of sp³-hybridized carbons (Fsp3) is 0.167. The summed E-state index contributed by atoms with van der Waals surface area (Å²) < 4.78 is 0. The van der Waals surface area contributed by atoms with Crippen LogP contribution in [0.1, 0.15) is 29.0 Å². The van der Waals surface area contributed by atoms with Crippen molar-refractivity contribution in [3.05, 3.63) is 71.3 Å². The molecule has 1 N–H and O–H groups in total. The van der Waals surface area contributed by atoms with E-state index in [2.05, 4.69) is 11.8 Å². The summed E-state index contributed by atoms with van der Waals surface area (Å²) >= 11 is 0. The van der Waals surface area contributed by atoms with Crippen LogP contribution in [0.5, 0.6) is 0 Å². The van der Waals surface area contributed by atoms with Gasteiger partial charge in [-0.2, -0.15) is 0 Å². The van der Waals surface area contributed by atoms with E-state index in [0.29, 0.717) is 6.42 Å². The van der Waals surface area contributed by atoms with Crippen LogP contribution in [0.15, 0.2) is 54.6 Å². The Labute approximate surface area is 119 Å². The lowest BCUT2D eigenvalue weighted by Crippen LogP contribution is -2.12. The van der Waals surface area contributed by atoms with Gasteiger partial charge in [-0.15, -0.1) is 0 Å². The number of hydrogen-bond acceptors (Lipinski definition) is 1. The summed E-state index contributed by atoms with van der Waals surface area (Å²) in [6, 6.07) is 17.1. The van der Waals surface area contributed by atoms with Gasteiger partial charge in [0.05, 0.1) is 5.92 Å². The quantitative estimate of drug-likeness (QED) is 0.860. The molecule has 0 aliphatic carbocycles. The molecule has 2 heteroatoms. The van der Waals surface area contributed by atoms with Crippen molar-refractivity contribution in [2.45, 2.75) is 19.3 Å². The molecule has 2 aromatic carbocycles. The molecule has 0 aromatic heterocycles. The Kier molecular flexibility index (Phi) is 4.57. The van der Waals surface area contributed by atoms with Crippen LogP contribution in [0.4, 0.5) is 0 Å². The first-order valence-corrected chi connectivity index (χ1v) is 6.50. The molecule has 0 heterocycles. The van der Waals surface area contributed by atoms with Gasteiger partial charge in [-0.05, 0) is 30.2 Å². The molecule has 2 nitrogen and oxygen atoms in total. The highest BCUT2D eigenvalue weighted by atomic mass is 16.4. The van der Waals surface area contributed by atoms with Crippen LogP contribution in [0.2, 0.25) is 0 Å². The number of carbonyl (C=O) groups is 1. The standard InChI is InChI=1S/C18H16O2/c1-14-8-5-6-12-16(14)17(18(19)20)13-7-11-15-9-3-2-4-10-15/h2-6,8-10,12,17H,13H2,1H3,(H,19,20). The highest BCUT2D eigenvalue weighted by Crippen LogP contribution is 2.22. The van der Waals surface area contributed by atoms with Crippen LogP contribution in [0, 0.1) is 18.8 Å². The predicted octanol–water partition coefficient (Wildman–Crippen LogP) is 3.61. The molecule has 0 aliphatic heterocycles. The first-order chi connectivity index (χ1) is 9.68. The van der Waals surface area contributed by atoms with E-state index in [1.807, 2.05) is 61.5 Å². The maximum atomic E-state index is 11.4. The zero-order chi connectivity index (χ0) is 14.4. The smallest absolute Gasteiger partial charge is 0.311 e. The minimum atomic E-state index is -0.832. The molecule has 0 bridgehead atoms. The zero-order valence-corrected chi connectivity index (χ0v) is 11.3. The fourth-order valence-corrected chi connectivity index (χ4v) is 2.08. The number of aliphatic carboxylic acids is 1. The second-order valence-corrected chi connectivity index (χ2v) is 4.62. The van der Waals surface area contributed by atoms with Crippen molar-refractivity contribution in [3.8, 4) is 11.8 Å². The maximum absolute atomic E-state index is 11.4. The van der Waals surface area contributed by atoms with Gasteiger partial charge in [0.15, 0.2) is 0 Å². The molecule has 2 aromatic rings. The van der Waals surface area contributed by atoms with Gasteiger partial charge in [-0.25, -0.2) is 0 Å². The third kappa shape index (κ3) is 3.49. The van der Waals surface area contributed by atoms with E-state index in [-0.39, 0.29) is 0 Å². The van der Waals surface area contributed by atoms with E-state index >= 15 is 0 Å². The second kappa shape index (κ2) is 6.58. The molecule has 0 fully saturated rings. The Morgan fingerprint density at radius 3 is 2.40 bits per heavy atom. The molecule has 100 valence electrons. The van der Waals surface area contributed by atoms with E-state index < -0.39 is 11.9 Å². The number of benzene rings is 2. The van der Waals surface area contributed by atoms with E-state index in [4.69, 9.17) is 0 Å². The topological polar surface area (TPSA) is 37.3 Å². The largest absolute Gasteiger partial charge is 0.481 e. The highest BCUT2D eigenvalue weighted by molar-refractivity contribution is 5.77. The summed E-state index contributed by atoms with van der Waals surface area (Å²) in [6.45, 7) is 1.93. The van der Waals surface area contributed by atoms with Crippen LogP contribution < -0.4 is 0 Å². The van der Waals surface area contributed by atoms with Gasteiger partial charge in [0.25, 0.3) is 0 Å². The van der Waals surface area contributed by atoms with Crippen molar-refractivity contribution in [2.75, 3.05) is 0 Å². The minimum Gasteiger partial charge on any atom is -0.481 e. The van der Waals surface area contributed by atoms with Gasteiger partial charge in [0.2, 0.25) is 0 Å². The van der Waals surface area contributed by atoms with E-state index in [0.717, 1.165) is 16.7 Å². The third-order valence-electron chi connectivity index (χ3n) is 3.17. The van der Waals surface area contributed by atoms with Crippen molar-refractivity contribution >= 4 is 5.97 Å². The Morgan fingerprint density at radius 2 is 1.75 bits per heavy atom. The first-order valence-electron chi connectivity index (χ1n) is 6.50. The van der Waals surface area contributed by atoms with Crippen LogP contribution in [-0.4, -0.2) is 11.1 Å². The number of carboxylic acids is 1. The van der Waals surface area contributed by atoms with Crippen LogP contribution in [0.25, 0.3) is 0 Å². The van der Waals surface area contributed by atoms with Crippen molar-refractivity contribution in [1.82, 2.24) is 0 Å². The maximum Gasteiger partial charge on any atom is 0.311 e. The number of carboxylic acid groups (broad SMARTS) is 1. The molecule has 1 unspecified atom stereocenters. The van der Waals surface area contributed by atoms with Gasteiger partial charge in [0, 0.05) is 12.0 Å². The lowest BCUT2D eigenvalue weighted by molar-refractivity contribution is -0.138. The van der Waals surface area contributed by atoms with Crippen LogP contribution in [-0.2, 0) is 4.79 Å². The Morgan fingerprint density at radius 1 is 1.10 bits per heavy atom. The highest BCUT2D eigenvalue weighted by Gasteiger charge is 2.19. The molecule has 0 spiro atoms. The molecule has 0 saturated heterocycles. The molecule has 2 rings (SSSR count). The van der Waals surface area contributed by atoms with Crippen LogP contribution in [0.3, 0.4) is 0 Å². The SMILES string of the molecule is Cc1ccccc1C(CC#Cc1ccccc1)C(=O)O. The molecule has 1 atom stereocenters. The Hall–Kier alpha value is -2.53. The van der Waals surface area contributed by atoms with Gasteiger partial charge in [-0.3, -0.25) is 4.79 Å². The van der Waals surface area contributed by atoms with E-state index in [9.17, 15) is 9.90 Å². The average Bonchev–Trinajstić information content (AvgIpc) is 2.45. The van der Waals surface area contributed by atoms with E-state index in [1.165, 1.54) is 0 Å². The molecular formula is C18H16O2. The van der Waals surface area contributed by atoms with Crippen molar-refractivity contribution in [2.24, 2.45) is 0 Å². The van der Waals surface area contributed by atoms with Gasteiger partial charge < -0.3 is 5.11 Å². The summed E-state index contributed by atoms with van der Waals surface area (Å²) in [4.78, 5) is 11.4. The lowest BCUT2D eigenvalue weighted by atomic mass is 9.92. The van der Waals surface area contributed by atoms with E-state index in [1.54, 1.807) is 0 Å². The second-order valence-electron chi connectivity index (χ2n) is 4.62. The third-order valence-corrected chi connectivity index (χ3v) is 3.17. The summed E-state index contributed by atoms with van der Waals surface area (Å²) in [5.41, 5.74) is 2.73.